The second-order valence-corrected chi connectivity index (χ2v) is 11.9. The van der Waals surface area contributed by atoms with Crippen LogP contribution in [-0.4, -0.2) is 11.9 Å². The molecule has 0 aromatic heterocycles. The van der Waals surface area contributed by atoms with Gasteiger partial charge in [-0.2, -0.15) is 0 Å². The van der Waals surface area contributed by atoms with Gasteiger partial charge in [-0.1, -0.05) is 77.6 Å². The molecule has 5 heteroatoms. The molecular formula is C31H47O4P. The number of carbonyl (C=O) groups excluding carboxylic acids is 1. The molecule has 0 saturated heterocycles. The number of rotatable bonds is 18. The first-order chi connectivity index (χ1) is 17.3. The molecule has 0 aliphatic heterocycles. The molecular weight excluding hydrogens is 467 g/mol. The summed E-state index contributed by atoms with van der Waals surface area (Å²) < 4.78 is 26.4. The van der Waals surface area contributed by atoms with E-state index in [9.17, 15) is 9.36 Å². The van der Waals surface area contributed by atoms with Gasteiger partial charge < -0.3 is 9.05 Å². The Morgan fingerprint density at radius 2 is 1.06 bits per heavy atom. The van der Waals surface area contributed by atoms with E-state index in [-0.39, 0.29) is 11.9 Å². The van der Waals surface area contributed by atoms with E-state index in [0.29, 0.717) is 11.5 Å². The van der Waals surface area contributed by atoms with Gasteiger partial charge in [0, 0.05) is 0 Å². The van der Waals surface area contributed by atoms with Crippen LogP contribution in [-0.2, 0) is 35.0 Å². The van der Waals surface area contributed by atoms with Crippen LogP contribution >= 0.6 is 7.60 Å². The highest BCUT2D eigenvalue weighted by Crippen LogP contribution is 2.50. The van der Waals surface area contributed by atoms with E-state index in [4.69, 9.17) is 9.05 Å². The first-order valence-electron chi connectivity index (χ1n) is 14.0. The summed E-state index contributed by atoms with van der Waals surface area (Å²) in [5.41, 5.74) is 4.61. The summed E-state index contributed by atoms with van der Waals surface area (Å²) in [6, 6.07) is 12.3. The Hall–Kier alpha value is -2.06. The zero-order valence-corrected chi connectivity index (χ0v) is 24.1. The van der Waals surface area contributed by atoms with Crippen molar-refractivity contribution in [1.29, 1.82) is 0 Å². The minimum atomic E-state index is -3.76. The van der Waals surface area contributed by atoms with Gasteiger partial charge in [0.25, 0.3) is 0 Å². The van der Waals surface area contributed by atoms with Gasteiger partial charge in [-0.05, 0) is 92.7 Å². The Morgan fingerprint density at radius 3 is 1.42 bits per heavy atom. The molecule has 0 amide bonds. The number of hydrogen-bond donors (Lipinski definition) is 0. The Bertz CT molecular complexity index is 929. The van der Waals surface area contributed by atoms with Crippen LogP contribution in [0.25, 0.3) is 0 Å². The van der Waals surface area contributed by atoms with Gasteiger partial charge in [-0.25, -0.2) is 4.57 Å². The largest absolute Gasteiger partial charge is 0.438 e. The maximum absolute atomic E-state index is 14.1. The number of ketones is 1. The second kappa shape index (κ2) is 15.9. The van der Waals surface area contributed by atoms with Gasteiger partial charge in [0.15, 0.2) is 0 Å². The molecule has 2 aromatic carbocycles. The average molecular weight is 515 g/mol. The normalized spacial score (nSPS) is 11.5. The fourth-order valence-electron chi connectivity index (χ4n) is 4.30. The Labute approximate surface area is 219 Å². The smallest absolute Gasteiger partial charge is 0.415 e. The molecule has 0 heterocycles. The van der Waals surface area contributed by atoms with E-state index in [2.05, 4.69) is 39.8 Å². The zero-order valence-electron chi connectivity index (χ0n) is 23.2. The van der Waals surface area contributed by atoms with Crippen molar-refractivity contribution in [2.45, 2.75) is 112 Å². The van der Waals surface area contributed by atoms with Gasteiger partial charge in [-0.3, -0.25) is 4.79 Å². The molecule has 0 aliphatic carbocycles. The van der Waals surface area contributed by atoms with E-state index in [1.165, 1.54) is 18.1 Å². The van der Waals surface area contributed by atoms with Gasteiger partial charge >= 0.3 is 7.60 Å². The van der Waals surface area contributed by atoms with Gasteiger partial charge in [0.1, 0.15) is 23.4 Å². The lowest BCUT2D eigenvalue weighted by Gasteiger charge is -2.23. The SMILES string of the molecule is CCCCc1ccc(OP(=O)(CC(C)=O)Oc2ccc(CCCC)cc2CCCC)c(CCCC)c1. The standard InChI is InChI=1S/C31H47O4P/c1-6-10-14-26-18-20-30(28(22-26)16-12-8-3)34-36(33,24-25(5)32)35-31-21-19-27(15-11-7-2)23-29(31)17-13-9-4/h18-23H,6-17,24H2,1-5H3. The van der Waals surface area contributed by atoms with Crippen LogP contribution in [0.4, 0.5) is 0 Å². The Morgan fingerprint density at radius 1 is 0.667 bits per heavy atom. The van der Waals surface area contributed by atoms with E-state index in [1.807, 2.05) is 24.3 Å². The number of carbonyl (C=O) groups is 1. The first kappa shape index (κ1) is 30.2. The average Bonchev–Trinajstić information content (AvgIpc) is 2.85. The highest BCUT2D eigenvalue weighted by Gasteiger charge is 2.32. The third-order valence-electron chi connectivity index (χ3n) is 6.38. The fourth-order valence-corrected chi connectivity index (χ4v) is 5.96. The molecule has 0 radical (unpaired) electrons. The molecule has 2 rings (SSSR count). The summed E-state index contributed by atoms with van der Waals surface area (Å²) in [5.74, 6) is 0.939. The summed E-state index contributed by atoms with van der Waals surface area (Å²) in [6.45, 7) is 10.1. The highest BCUT2D eigenvalue weighted by atomic mass is 31.2. The van der Waals surface area contributed by atoms with Crippen LogP contribution in [0, 0.1) is 0 Å². The summed E-state index contributed by atoms with van der Waals surface area (Å²) in [5, 5.41) is 0. The van der Waals surface area contributed by atoms with Crippen molar-refractivity contribution < 1.29 is 18.4 Å². The van der Waals surface area contributed by atoms with Crippen LogP contribution in [0.15, 0.2) is 36.4 Å². The minimum Gasteiger partial charge on any atom is -0.415 e. The summed E-state index contributed by atoms with van der Waals surface area (Å²) in [6.07, 6.45) is 12.2. The summed E-state index contributed by atoms with van der Waals surface area (Å²) >= 11 is 0. The van der Waals surface area contributed by atoms with Crippen LogP contribution in [0.3, 0.4) is 0 Å². The van der Waals surface area contributed by atoms with Crippen molar-refractivity contribution >= 4 is 13.4 Å². The Balaban J connectivity index is 2.39. The lowest BCUT2D eigenvalue weighted by molar-refractivity contribution is -0.114. The van der Waals surface area contributed by atoms with E-state index in [0.717, 1.165) is 88.2 Å². The predicted molar refractivity (Wildman–Crippen MR) is 152 cm³/mol. The number of Topliss-reactive ketones (excluding diaryl/α,β-unsaturated/α-hetero) is 1. The monoisotopic (exact) mass is 514 g/mol. The first-order valence-corrected chi connectivity index (χ1v) is 15.8. The van der Waals surface area contributed by atoms with Crippen molar-refractivity contribution in [3.8, 4) is 11.5 Å². The molecule has 0 fully saturated rings. The number of aryl methyl sites for hydroxylation is 4. The molecule has 0 unspecified atom stereocenters. The van der Waals surface area contributed by atoms with Crippen LogP contribution in [0.1, 0.15) is 108 Å². The van der Waals surface area contributed by atoms with Crippen LogP contribution < -0.4 is 9.05 Å². The predicted octanol–water partition coefficient (Wildman–Crippen LogP) is 9.30. The maximum atomic E-state index is 14.1. The topological polar surface area (TPSA) is 52.6 Å². The van der Waals surface area contributed by atoms with Crippen molar-refractivity contribution in [3.63, 3.8) is 0 Å². The summed E-state index contributed by atoms with van der Waals surface area (Å²) in [7, 11) is -3.76. The van der Waals surface area contributed by atoms with Gasteiger partial charge in [0.05, 0.1) is 0 Å². The molecule has 36 heavy (non-hydrogen) atoms. The summed E-state index contributed by atoms with van der Waals surface area (Å²) in [4.78, 5) is 12.2. The molecule has 4 nitrogen and oxygen atoms in total. The molecule has 0 aliphatic rings. The maximum Gasteiger partial charge on any atom is 0.438 e. The van der Waals surface area contributed by atoms with E-state index < -0.39 is 7.60 Å². The van der Waals surface area contributed by atoms with Crippen molar-refractivity contribution in [3.05, 3.63) is 58.7 Å². The lowest BCUT2D eigenvalue weighted by Crippen LogP contribution is -2.12. The molecule has 200 valence electrons. The molecule has 0 N–H and O–H groups in total. The fraction of sp³-hybridized carbons (Fsp3) is 0.581. The molecule has 0 saturated carbocycles. The molecule has 2 aromatic rings. The minimum absolute atomic E-state index is 0.206. The van der Waals surface area contributed by atoms with Crippen molar-refractivity contribution in [1.82, 2.24) is 0 Å². The third kappa shape index (κ3) is 10.1. The zero-order chi connectivity index (χ0) is 26.4. The molecule has 0 bridgehead atoms. The number of benzene rings is 2. The van der Waals surface area contributed by atoms with Gasteiger partial charge in [-0.15, -0.1) is 0 Å². The van der Waals surface area contributed by atoms with E-state index >= 15 is 0 Å². The molecule has 0 spiro atoms. The van der Waals surface area contributed by atoms with Crippen LogP contribution in [0.5, 0.6) is 11.5 Å². The molecule has 0 atom stereocenters. The van der Waals surface area contributed by atoms with Crippen molar-refractivity contribution in [2.75, 3.05) is 6.16 Å². The van der Waals surface area contributed by atoms with Gasteiger partial charge in [0.2, 0.25) is 0 Å². The highest BCUT2D eigenvalue weighted by molar-refractivity contribution is 7.55. The second-order valence-electron chi connectivity index (χ2n) is 9.95. The third-order valence-corrected chi connectivity index (χ3v) is 8.16. The van der Waals surface area contributed by atoms with Crippen LogP contribution in [0.2, 0.25) is 0 Å². The lowest BCUT2D eigenvalue weighted by atomic mass is 10.0. The van der Waals surface area contributed by atoms with Crippen molar-refractivity contribution in [2.24, 2.45) is 0 Å². The van der Waals surface area contributed by atoms with E-state index in [1.54, 1.807) is 0 Å². The number of unbranched alkanes of at least 4 members (excludes halogenated alkanes) is 4. The number of hydrogen-bond acceptors (Lipinski definition) is 4. The quantitative estimate of drug-likeness (QED) is 0.186. The Kier molecular flexibility index (Phi) is 13.3.